The second-order valence-electron chi connectivity index (χ2n) is 6.54. The van der Waals surface area contributed by atoms with Crippen LogP contribution in [0.2, 0.25) is 0 Å². The third-order valence-electron chi connectivity index (χ3n) is 4.56. The highest BCUT2D eigenvalue weighted by atomic mass is 19.1. The lowest BCUT2D eigenvalue weighted by Crippen LogP contribution is -2.54. The molecule has 0 aromatic carbocycles. The molecule has 1 aromatic rings. The molecule has 28 heavy (non-hydrogen) atoms. The Morgan fingerprint density at radius 3 is 2.71 bits per heavy atom. The highest BCUT2D eigenvalue weighted by molar-refractivity contribution is 6.05. The fourth-order valence-corrected chi connectivity index (χ4v) is 2.77. The number of oxime groups is 1. The number of aromatic nitrogens is 1. The smallest absolute Gasteiger partial charge is 0.305 e. The fourth-order valence-electron chi connectivity index (χ4n) is 2.77. The number of carboxylic acid groups (broad SMARTS) is 1. The molecule has 2 rings (SSSR count). The van der Waals surface area contributed by atoms with Crippen molar-refractivity contribution in [2.45, 2.75) is 50.9 Å². The van der Waals surface area contributed by atoms with Crippen molar-refractivity contribution in [3.05, 3.63) is 29.6 Å². The molecular formula is C18H22FN3O6. The van der Waals surface area contributed by atoms with Crippen LogP contribution in [0.1, 0.15) is 49.2 Å². The molecule has 10 heteroatoms. The number of hydrogen-bond donors (Lipinski definition) is 3. The average Bonchev–Trinajstić information content (AvgIpc) is 3.12. The van der Waals surface area contributed by atoms with E-state index in [-0.39, 0.29) is 18.6 Å². The van der Waals surface area contributed by atoms with Crippen LogP contribution in [-0.4, -0.2) is 63.0 Å². The molecule has 3 N–H and O–H groups in total. The molecule has 1 amide bonds. The summed E-state index contributed by atoms with van der Waals surface area (Å²) in [5, 5.41) is 24.8. The summed E-state index contributed by atoms with van der Waals surface area (Å²) in [5.41, 5.74) is -0.294. The van der Waals surface area contributed by atoms with Crippen LogP contribution >= 0.6 is 0 Å². The van der Waals surface area contributed by atoms with Crippen LogP contribution in [0.3, 0.4) is 0 Å². The van der Waals surface area contributed by atoms with Gasteiger partial charge in [0, 0.05) is 18.2 Å². The van der Waals surface area contributed by atoms with E-state index >= 15 is 0 Å². The Hall–Kier alpha value is -2.88. The number of ketones is 1. The van der Waals surface area contributed by atoms with E-state index in [0.717, 1.165) is 0 Å². The quantitative estimate of drug-likeness (QED) is 0.527. The van der Waals surface area contributed by atoms with Gasteiger partial charge in [0.05, 0.1) is 18.2 Å². The van der Waals surface area contributed by atoms with Crippen molar-refractivity contribution < 1.29 is 33.8 Å². The Labute approximate surface area is 160 Å². The van der Waals surface area contributed by atoms with Gasteiger partial charge in [-0.1, -0.05) is 12.1 Å². The van der Waals surface area contributed by atoms with E-state index in [4.69, 9.17) is 9.94 Å². The molecule has 0 fully saturated rings. The normalized spacial score (nSPS) is 20.6. The van der Waals surface area contributed by atoms with Crippen molar-refractivity contribution in [3.8, 4) is 0 Å². The number of nitrogens with one attached hydrogen (secondary N) is 1. The lowest BCUT2D eigenvalue weighted by atomic mass is 9.91. The minimum atomic E-state index is -1.66. The molecule has 2 heterocycles. The van der Waals surface area contributed by atoms with E-state index < -0.39 is 42.7 Å². The zero-order valence-electron chi connectivity index (χ0n) is 15.5. The number of carboxylic acids is 1. The molecule has 3 atom stereocenters. The summed E-state index contributed by atoms with van der Waals surface area (Å²) in [6.45, 7) is 1.88. The van der Waals surface area contributed by atoms with E-state index in [0.29, 0.717) is 17.0 Å². The zero-order chi connectivity index (χ0) is 20.9. The van der Waals surface area contributed by atoms with Crippen molar-refractivity contribution in [2.24, 2.45) is 5.16 Å². The number of alkyl halides is 1. The van der Waals surface area contributed by atoms with Crippen LogP contribution in [0.5, 0.6) is 0 Å². The number of carbonyl (C=O) groups excluding carboxylic acids is 2. The maximum atomic E-state index is 12.8. The number of nitrogens with zero attached hydrogens (tertiary/aromatic N) is 2. The van der Waals surface area contributed by atoms with Crippen molar-refractivity contribution in [3.63, 3.8) is 0 Å². The minimum absolute atomic E-state index is 0.0230. The molecule has 0 spiro atoms. The molecule has 1 aromatic heterocycles. The third kappa shape index (κ3) is 4.69. The predicted molar refractivity (Wildman–Crippen MR) is 95.7 cm³/mol. The first kappa shape index (κ1) is 21.4. The molecule has 0 bridgehead atoms. The van der Waals surface area contributed by atoms with Gasteiger partial charge in [0.2, 0.25) is 5.60 Å². The van der Waals surface area contributed by atoms with Gasteiger partial charge in [-0.25, -0.2) is 4.39 Å². The maximum Gasteiger partial charge on any atom is 0.305 e. The Bertz CT molecular complexity index is 799. The second-order valence-corrected chi connectivity index (χ2v) is 6.54. The van der Waals surface area contributed by atoms with Crippen LogP contribution in [0.15, 0.2) is 23.5 Å². The number of aliphatic hydroxyl groups is 1. The van der Waals surface area contributed by atoms with E-state index in [9.17, 15) is 23.9 Å². The summed E-state index contributed by atoms with van der Waals surface area (Å²) in [5.74, 6) is -2.16. The molecule has 152 valence electrons. The summed E-state index contributed by atoms with van der Waals surface area (Å²) in [4.78, 5) is 44.7. The third-order valence-corrected chi connectivity index (χ3v) is 4.56. The van der Waals surface area contributed by atoms with Gasteiger partial charge in [-0.15, -0.1) is 0 Å². The number of aliphatic carboxylic acids is 1. The first-order valence-electron chi connectivity index (χ1n) is 8.71. The van der Waals surface area contributed by atoms with Gasteiger partial charge in [0.1, 0.15) is 18.5 Å². The molecule has 1 aliphatic rings. The van der Waals surface area contributed by atoms with Gasteiger partial charge in [0.25, 0.3) is 5.91 Å². The lowest BCUT2D eigenvalue weighted by molar-refractivity contribution is -0.147. The van der Waals surface area contributed by atoms with Crippen molar-refractivity contribution in [2.75, 3.05) is 6.67 Å². The Balaban J connectivity index is 2.18. The SMILES string of the molecule is CCC1(C(=O)NC(CC(=O)O)C(O)CF)CC(c2cc(C(C)=O)ccn2)=NO1. The molecule has 1 aliphatic heterocycles. The summed E-state index contributed by atoms with van der Waals surface area (Å²) < 4.78 is 12.8. The Kier molecular flexibility index (Phi) is 6.79. The number of hydrogen-bond acceptors (Lipinski definition) is 7. The lowest BCUT2D eigenvalue weighted by Gasteiger charge is -2.28. The van der Waals surface area contributed by atoms with Crippen LogP contribution < -0.4 is 5.32 Å². The van der Waals surface area contributed by atoms with Crippen molar-refractivity contribution in [1.29, 1.82) is 0 Å². The summed E-state index contributed by atoms with van der Waals surface area (Å²) in [7, 11) is 0. The number of carbonyl (C=O) groups is 3. The minimum Gasteiger partial charge on any atom is -0.481 e. The monoisotopic (exact) mass is 395 g/mol. The number of amides is 1. The Morgan fingerprint density at radius 2 is 2.14 bits per heavy atom. The second kappa shape index (κ2) is 8.87. The summed E-state index contributed by atoms with van der Waals surface area (Å²) in [6.07, 6.45) is -0.656. The highest BCUT2D eigenvalue weighted by Crippen LogP contribution is 2.30. The molecule has 0 saturated heterocycles. The topological polar surface area (TPSA) is 138 Å². The molecule has 0 aliphatic carbocycles. The van der Waals surface area contributed by atoms with Crippen LogP contribution in [0.25, 0.3) is 0 Å². The molecule has 9 nitrogen and oxygen atoms in total. The van der Waals surface area contributed by atoms with Gasteiger partial charge < -0.3 is 20.4 Å². The van der Waals surface area contributed by atoms with Crippen molar-refractivity contribution >= 4 is 23.4 Å². The number of halogens is 1. The zero-order valence-corrected chi connectivity index (χ0v) is 15.5. The van der Waals surface area contributed by atoms with Crippen LogP contribution in [0.4, 0.5) is 4.39 Å². The van der Waals surface area contributed by atoms with E-state index in [1.165, 1.54) is 19.2 Å². The van der Waals surface area contributed by atoms with Gasteiger partial charge in [0.15, 0.2) is 5.78 Å². The molecular weight excluding hydrogens is 373 g/mol. The fraction of sp³-hybridized carbons (Fsp3) is 0.500. The van der Waals surface area contributed by atoms with Gasteiger partial charge in [-0.3, -0.25) is 19.4 Å². The van der Waals surface area contributed by atoms with Gasteiger partial charge >= 0.3 is 5.97 Å². The number of pyridine rings is 1. The number of Topliss-reactive ketones (excluding diaryl/α,β-unsaturated/α-hetero) is 1. The average molecular weight is 395 g/mol. The molecule has 3 unspecified atom stereocenters. The number of aliphatic hydroxyl groups excluding tert-OH is 1. The van der Waals surface area contributed by atoms with E-state index in [1.807, 2.05) is 0 Å². The first-order valence-corrected chi connectivity index (χ1v) is 8.71. The van der Waals surface area contributed by atoms with Gasteiger partial charge in [-0.2, -0.15) is 0 Å². The summed E-state index contributed by atoms with van der Waals surface area (Å²) >= 11 is 0. The standard InChI is InChI=1S/C18H22FN3O6/c1-3-18(17(27)21-13(7-16(25)26)15(24)9-19)8-14(22-28-18)12-6-11(10(2)23)4-5-20-12/h4-6,13,15,24H,3,7-9H2,1-2H3,(H,21,27)(H,25,26). The highest BCUT2D eigenvalue weighted by Gasteiger charge is 2.46. The van der Waals surface area contributed by atoms with E-state index in [1.54, 1.807) is 13.0 Å². The van der Waals surface area contributed by atoms with Gasteiger partial charge in [-0.05, 0) is 25.5 Å². The predicted octanol–water partition coefficient (Wildman–Crippen LogP) is 0.847. The van der Waals surface area contributed by atoms with Crippen molar-refractivity contribution in [1.82, 2.24) is 10.3 Å². The molecule has 0 radical (unpaired) electrons. The summed E-state index contributed by atoms with van der Waals surface area (Å²) in [6, 6.07) is 1.77. The Morgan fingerprint density at radius 1 is 1.43 bits per heavy atom. The van der Waals surface area contributed by atoms with E-state index in [2.05, 4.69) is 15.5 Å². The molecule has 0 saturated carbocycles. The largest absolute Gasteiger partial charge is 0.481 e. The van der Waals surface area contributed by atoms with Crippen LogP contribution in [-0.2, 0) is 14.4 Å². The number of rotatable bonds is 9. The van der Waals surface area contributed by atoms with Crippen LogP contribution in [0, 0.1) is 0 Å². The maximum absolute atomic E-state index is 12.8. The first-order chi connectivity index (χ1) is 13.2.